The molecule has 8 heteroatoms. The summed E-state index contributed by atoms with van der Waals surface area (Å²) in [5.74, 6) is -0.490. The van der Waals surface area contributed by atoms with Crippen molar-refractivity contribution in [1.29, 1.82) is 5.26 Å². The average molecular weight is 429 g/mol. The number of methoxy groups -OCH3 is 1. The predicted molar refractivity (Wildman–Crippen MR) is 110 cm³/mol. The number of nitriles is 1. The lowest BCUT2D eigenvalue weighted by molar-refractivity contribution is 0.0468. The van der Waals surface area contributed by atoms with E-state index in [9.17, 15) is 18.5 Å². The zero-order valence-corrected chi connectivity index (χ0v) is 17.7. The van der Waals surface area contributed by atoms with Gasteiger partial charge in [0.1, 0.15) is 17.9 Å². The number of carbonyl (C=O) groups excluding carboxylic acids is 1. The van der Waals surface area contributed by atoms with Gasteiger partial charge in [-0.3, -0.25) is 0 Å². The number of ether oxygens (including phenoxy) is 2. The summed E-state index contributed by atoms with van der Waals surface area (Å²) >= 11 is 0. The quantitative estimate of drug-likeness (QED) is 0.654. The van der Waals surface area contributed by atoms with Crippen LogP contribution in [0, 0.1) is 11.3 Å². The van der Waals surface area contributed by atoms with Gasteiger partial charge < -0.3 is 9.47 Å². The summed E-state index contributed by atoms with van der Waals surface area (Å²) in [6.07, 6.45) is 3.66. The molecule has 0 radical (unpaired) electrons. The maximum Gasteiger partial charge on any atom is 0.342 e. The molecule has 2 aromatic rings. The number of hydrogen-bond acceptors (Lipinski definition) is 6. The number of benzene rings is 2. The molecule has 0 spiro atoms. The topological polar surface area (TPSA) is 96.7 Å². The van der Waals surface area contributed by atoms with E-state index in [2.05, 4.69) is 6.07 Å². The number of sulfonamides is 1. The maximum atomic E-state index is 13.1. The molecular weight excluding hydrogens is 404 g/mol. The van der Waals surface area contributed by atoms with Crippen LogP contribution < -0.4 is 4.74 Å². The molecule has 7 nitrogen and oxygen atoms in total. The molecule has 0 saturated carbocycles. The van der Waals surface area contributed by atoms with Gasteiger partial charge in [0, 0.05) is 18.7 Å². The van der Waals surface area contributed by atoms with Gasteiger partial charge in [-0.1, -0.05) is 31.0 Å². The van der Waals surface area contributed by atoms with Crippen molar-refractivity contribution in [2.75, 3.05) is 20.2 Å². The monoisotopic (exact) mass is 428 g/mol. The van der Waals surface area contributed by atoms with Gasteiger partial charge in [0.05, 0.1) is 23.6 Å². The van der Waals surface area contributed by atoms with Crippen molar-refractivity contribution in [3.8, 4) is 11.8 Å². The van der Waals surface area contributed by atoms with E-state index in [1.54, 1.807) is 24.3 Å². The van der Waals surface area contributed by atoms with Crippen LogP contribution in [-0.4, -0.2) is 38.9 Å². The molecular formula is C22H24N2O5S. The lowest BCUT2D eigenvalue weighted by Crippen LogP contribution is -2.32. The lowest BCUT2D eigenvalue weighted by atomic mass is 10.1. The van der Waals surface area contributed by atoms with Gasteiger partial charge in [-0.2, -0.15) is 9.57 Å². The number of rotatable bonds is 6. The molecule has 1 heterocycles. The molecule has 0 bridgehead atoms. The van der Waals surface area contributed by atoms with Gasteiger partial charge in [-0.05, 0) is 37.1 Å². The highest BCUT2D eigenvalue weighted by atomic mass is 32.2. The third-order valence-corrected chi connectivity index (χ3v) is 6.98. The Bertz CT molecular complexity index is 1050. The first kappa shape index (κ1) is 21.8. The van der Waals surface area contributed by atoms with Crippen molar-refractivity contribution >= 4 is 16.0 Å². The van der Waals surface area contributed by atoms with Gasteiger partial charge in [0.25, 0.3) is 0 Å². The van der Waals surface area contributed by atoms with Gasteiger partial charge >= 0.3 is 5.97 Å². The second kappa shape index (κ2) is 9.74. The van der Waals surface area contributed by atoms with Gasteiger partial charge in [0.2, 0.25) is 10.0 Å². The summed E-state index contributed by atoms with van der Waals surface area (Å²) < 4.78 is 38.2. The van der Waals surface area contributed by atoms with Crippen LogP contribution >= 0.6 is 0 Å². The molecule has 0 aliphatic carbocycles. The van der Waals surface area contributed by atoms with Crippen LogP contribution in [0.25, 0.3) is 0 Å². The smallest absolute Gasteiger partial charge is 0.342 e. The Morgan fingerprint density at radius 1 is 1.10 bits per heavy atom. The highest BCUT2D eigenvalue weighted by Gasteiger charge is 2.27. The number of carbonyl (C=O) groups is 1. The molecule has 0 atom stereocenters. The molecule has 1 saturated heterocycles. The van der Waals surface area contributed by atoms with E-state index in [1.807, 2.05) is 0 Å². The molecule has 1 aliphatic rings. The minimum atomic E-state index is -3.72. The fraction of sp³-hybridized carbons (Fsp3) is 0.364. The van der Waals surface area contributed by atoms with Crippen molar-refractivity contribution in [3.05, 3.63) is 59.2 Å². The SMILES string of the molecule is COc1ccc(S(=O)(=O)N2CCCCCC2)cc1C(=O)OCc1ccccc1C#N. The average Bonchev–Trinajstić information content (AvgIpc) is 3.07. The van der Waals surface area contributed by atoms with Crippen LogP contribution in [0.15, 0.2) is 47.4 Å². The number of esters is 1. The summed E-state index contributed by atoms with van der Waals surface area (Å²) in [6.45, 7) is 0.840. The number of nitrogens with zero attached hydrogens (tertiary/aromatic N) is 2. The van der Waals surface area contributed by atoms with E-state index in [0.29, 0.717) is 24.2 Å². The molecule has 0 unspecified atom stereocenters. The Labute approximate surface area is 176 Å². The van der Waals surface area contributed by atoms with E-state index in [0.717, 1.165) is 25.7 Å². The van der Waals surface area contributed by atoms with Crippen LogP contribution in [0.1, 0.15) is 47.2 Å². The first-order chi connectivity index (χ1) is 14.5. The van der Waals surface area contributed by atoms with E-state index in [1.165, 1.54) is 29.6 Å². The van der Waals surface area contributed by atoms with Crippen LogP contribution in [0.3, 0.4) is 0 Å². The van der Waals surface area contributed by atoms with Crippen LogP contribution in [0.2, 0.25) is 0 Å². The molecule has 0 aromatic heterocycles. The molecule has 1 aliphatic heterocycles. The Kier molecular flexibility index (Phi) is 7.08. The summed E-state index contributed by atoms with van der Waals surface area (Å²) in [6, 6.07) is 13.1. The minimum absolute atomic E-state index is 0.0304. The molecule has 1 fully saturated rings. The molecule has 30 heavy (non-hydrogen) atoms. The van der Waals surface area contributed by atoms with Gasteiger partial charge in [-0.15, -0.1) is 0 Å². The Morgan fingerprint density at radius 3 is 2.47 bits per heavy atom. The van der Waals surface area contributed by atoms with E-state index >= 15 is 0 Å². The minimum Gasteiger partial charge on any atom is -0.496 e. The highest BCUT2D eigenvalue weighted by molar-refractivity contribution is 7.89. The van der Waals surface area contributed by atoms with Crippen LogP contribution in [0.4, 0.5) is 0 Å². The molecule has 2 aromatic carbocycles. The summed E-state index contributed by atoms with van der Waals surface area (Å²) in [5.41, 5.74) is 1.01. The Balaban J connectivity index is 1.85. The summed E-state index contributed by atoms with van der Waals surface area (Å²) in [4.78, 5) is 12.8. The largest absolute Gasteiger partial charge is 0.496 e. The third-order valence-electron chi connectivity index (χ3n) is 5.09. The fourth-order valence-electron chi connectivity index (χ4n) is 3.41. The normalized spacial score (nSPS) is 15.1. The van der Waals surface area contributed by atoms with Crippen LogP contribution in [-0.2, 0) is 21.4 Å². The zero-order chi connectivity index (χ0) is 21.6. The number of hydrogen-bond donors (Lipinski definition) is 0. The van der Waals surface area contributed by atoms with Crippen molar-refractivity contribution in [2.45, 2.75) is 37.2 Å². The summed E-state index contributed by atoms with van der Waals surface area (Å²) in [7, 11) is -2.31. The van der Waals surface area contributed by atoms with Crippen molar-refractivity contribution in [3.63, 3.8) is 0 Å². The second-order valence-corrected chi connectivity index (χ2v) is 8.96. The van der Waals surface area contributed by atoms with Crippen LogP contribution in [0.5, 0.6) is 5.75 Å². The molecule has 0 N–H and O–H groups in total. The molecule has 0 amide bonds. The highest BCUT2D eigenvalue weighted by Crippen LogP contribution is 2.27. The lowest BCUT2D eigenvalue weighted by Gasteiger charge is -2.20. The first-order valence-corrected chi connectivity index (χ1v) is 11.2. The van der Waals surface area contributed by atoms with Gasteiger partial charge in [0.15, 0.2) is 0 Å². The summed E-state index contributed by atoms with van der Waals surface area (Å²) in [5, 5.41) is 9.17. The maximum absolute atomic E-state index is 13.1. The standard InChI is InChI=1S/C22H24N2O5S/c1-28-21-11-10-19(30(26,27)24-12-6-2-3-7-13-24)14-20(21)22(25)29-16-18-9-5-4-8-17(18)15-23/h4-5,8-11,14H,2-3,6-7,12-13,16H2,1H3. The molecule has 158 valence electrons. The van der Waals surface area contributed by atoms with E-state index in [-0.39, 0.29) is 22.8 Å². The predicted octanol–water partition coefficient (Wildman–Crippen LogP) is 3.49. The Hall–Kier alpha value is -2.89. The third kappa shape index (κ3) is 4.81. The zero-order valence-electron chi connectivity index (χ0n) is 16.8. The fourth-order valence-corrected chi connectivity index (χ4v) is 4.96. The molecule has 3 rings (SSSR count). The second-order valence-electron chi connectivity index (χ2n) is 7.03. The van der Waals surface area contributed by atoms with Crippen molar-refractivity contribution in [1.82, 2.24) is 4.31 Å². The van der Waals surface area contributed by atoms with E-state index in [4.69, 9.17) is 9.47 Å². The van der Waals surface area contributed by atoms with Gasteiger partial charge in [-0.25, -0.2) is 13.2 Å². The first-order valence-electron chi connectivity index (χ1n) is 9.80. The Morgan fingerprint density at radius 2 is 1.80 bits per heavy atom. The van der Waals surface area contributed by atoms with Crippen molar-refractivity contribution in [2.24, 2.45) is 0 Å². The van der Waals surface area contributed by atoms with Crippen molar-refractivity contribution < 1.29 is 22.7 Å². The van der Waals surface area contributed by atoms with E-state index < -0.39 is 16.0 Å².